The van der Waals surface area contributed by atoms with Crippen LogP contribution in [0.2, 0.25) is 0 Å². The van der Waals surface area contributed by atoms with E-state index in [0.717, 1.165) is 19.3 Å². The molecule has 0 heterocycles. The number of nitrogens with two attached hydrogens (primary N) is 1. The minimum Gasteiger partial charge on any atom is -0.302 e. The largest absolute Gasteiger partial charge is 0.302 e. The summed E-state index contributed by atoms with van der Waals surface area (Å²) in [6.07, 6.45) is 8.77. The van der Waals surface area contributed by atoms with E-state index in [1.165, 1.54) is 25.5 Å². The lowest BCUT2D eigenvalue weighted by atomic mass is 9.74. The molecular weight excluding hydrogens is 262 g/mol. The highest BCUT2D eigenvalue weighted by Crippen LogP contribution is 2.36. The quantitative estimate of drug-likeness (QED) is 0.538. The van der Waals surface area contributed by atoms with E-state index in [4.69, 9.17) is 5.84 Å². The monoisotopic (exact) mass is 291 g/mol. The number of hydrogen-bond acceptors (Lipinski definition) is 5. The molecule has 1 saturated carbocycles. The molecule has 1 aliphatic carbocycles. The topological polar surface area (TPSA) is 75.4 Å². The van der Waals surface area contributed by atoms with Crippen LogP contribution in [0.4, 0.5) is 0 Å². The Hall–Kier alpha value is -0.170. The molecule has 0 amide bonds. The molecule has 0 aromatic carbocycles. The first-order chi connectivity index (χ1) is 8.82. The van der Waals surface area contributed by atoms with Crippen molar-refractivity contribution in [2.45, 2.75) is 56.5 Å². The van der Waals surface area contributed by atoms with Crippen molar-refractivity contribution in [1.82, 2.24) is 10.3 Å². The second kappa shape index (κ2) is 7.02. The van der Waals surface area contributed by atoms with Crippen LogP contribution in [-0.4, -0.2) is 51.0 Å². The van der Waals surface area contributed by atoms with Gasteiger partial charge in [-0.1, -0.05) is 19.3 Å². The zero-order valence-corrected chi connectivity index (χ0v) is 13.3. The lowest BCUT2D eigenvalue weighted by molar-refractivity contribution is 0.0532. The van der Waals surface area contributed by atoms with Crippen molar-refractivity contribution in [2.24, 2.45) is 5.84 Å². The molecule has 1 fully saturated rings. The minimum absolute atomic E-state index is 0.0739. The fourth-order valence-electron chi connectivity index (χ4n) is 3.33. The molecule has 0 saturated heterocycles. The van der Waals surface area contributed by atoms with Gasteiger partial charge < -0.3 is 4.90 Å². The molecule has 1 aliphatic rings. The predicted molar refractivity (Wildman–Crippen MR) is 79.6 cm³/mol. The third-order valence-electron chi connectivity index (χ3n) is 4.47. The van der Waals surface area contributed by atoms with Crippen LogP contribution in [0.3, 0.4) is 0 Å². The Bertz CT molecular complexity index is 362. The van der Waals surface area contributed by atoms with Gasteiger partial charge in [-0.25, -0.2) is 8.42 Å². The molecule has 114 valence electrons. The van der Waals surface area contributed by atoms with Crippen LogP contribution >= 0.6 is 0 Å². The molecule has 0 aromatic heterocycles. The maximum absolute atomic E-state index is 11.2. The molecule has 5 nitrogen and oxygen atoms in total. The van der Waals surface area contributed by atoms with Crippen LogP contribution in [0.1, 0.15) is 44.9 Å². The number of rotatable bonds is 7. The van der Waals surface area contributed by atoms with Crippen LogP contribution in [0.5, 0.6) is 0 Å². The summed E-state index contributed by atoms with van der Waals surface area (Å²) in [5, 5.41) is 0. The number of hydrazine groups is 1. The van der Waals surface area contributed by atoms with Crippen molar-refractivity contribution < 1.29 is 8.42 Å². The zero-order valence-electron chi connectivity index (χ0n) is 12.5. The fraction of sp³-hybridized carbons (Fsp3) is 1.00. The maximum Gasteiger partial charge on any atom is 0.147 e. The van der Waals surface area contributed by atoms with Gasteiger partial charge in [-0.2, -0.15) is 0 Å². The molecule has 0 bridgehead atoms. The summed E-state index contributed by atoms with van der Waals surface area (Å²) in [7, 11) is 1.33. The van der Waals surface area contributed by atoms with Gasteiger partial charge >= 0.3 is 0 Å². The number of sulfone groups is 1. The Balaban J connectivity index is 2.68. The van der Waals surface area contributed by atoms with Crippen LogP contribution in [-0.2, 0) is 9.84 Å². The van der Waals surface area contributed by atoms with Crippen LogP contribution in [0, 0.1) is 0 Å². The molecule has 0 aromatic rings. The number of likely N-dealkylation sites (N-methyl/N-ethyl adjacent to an activating group) is 1. The normalized spacial score (nSPS) is 21.5. The number of hydrogen-bond donors (Lipinski definition) is 2. The predicted octanol–water partition coefficient (Wildman–Crippen LogP) is 0.908. The molecule has 1 unspecified atom stereocenters. The van der Waals surface area contributed by atoms with E-state index >= 15 is 0 Å². The lowest BCUT2D eigenvalue weighted by Gasteiger charge is -2.48. The summed E-state index contributed by atoms with van der Waals surface area (Å²) in [6.45, 7) is 0. The van der Waals surface area contributed by atoms with E-state index in [0.29, 0.717) is 6.42 Å². The zero-order chi connectivity index (χ0) is 14.5. The summed E-state index contributed by atoms with van der Waals surface area (Å²) < 4.78 is 22.5. The van der Waals surface area contributed by atoms with Gasteiger partial charge in [0, 0.05) is 23.6 Å². The van der Waals surface area contributed by atoms with E-state index in [-0.39, 0.29) is 17.3 Å². The van der Waals surface area contributed by atoms with Crippen molar-refractivity contribution in [2.75, 3.05) is 26.1 Å². The van der Waals surface area contributed by atoms with E-state index in [2.05, 4.69) is 24.4 Å². The Morgan fingerprint density at radius 1 is 1.26 bits per heavy atom. The molecule has 0 aliphatic heterocycles. The van der Waals surface area contributed by atoms with E-state index in [9.17, 15) is 8.42 Å². The van der Waals surface area contributed by atoms with Crippen molar-refractivity contribution >= 4 is 9.84 Å². The second-order valence-electron chi connectivity index (χ2n) is 6.05. The maximum atomic E-state index is 11.2. The Labute approximate surface area is 117 Å². The summed E-state index contributed by atoms with van der Waals surface area (Å²) in [4.78, 5) is 2.27. The SMILES string of the molecule is CN(C)C1(C(CCCS(C)(=O)=O)NN)CCCCC1. The van der Waals surface area contributed by atoms with Gasteiger partial charge in [0.25, 0.3) is 0 Å². The highest BCUT2D eigenvalue weighted by molar-refractivity contribution is 7.90. The number of nitrogens with one attached hydrogen (secondary N) is 1. The van der Waals surface area contributed by atoms with Gasteiger partial charge in [0.2, 0.25) is 0 Å². The second-order valence-corrected chi connectivity index (χ2v) is 8.31. The van der Waals surface area contributed by atoms with Crippen molar-refractivity contribution in [1.29, 1.82) is 0 Å². The van der Waals surface area contributed by atoms with Crippen LogP contribution in [0.15, 0.2) is 0 Å². The van der Waals surface area contributed by atoms with Gasteiger partial charge in [0.15, 0.2) is 0 Å². The van der Waals surface area contributed by atoms with E-state index in [1.54, 1.807) is 0 Å². The van der Waals surface area contributed by atoms with Crippen LogP contribution in [0.25, 0.3) is 0 Å². The highest BCUT2D eigenvalue weighted by atomic mass is 32.2. The van der Waals surface area contributed by atoms with Gasteiger partial charge in [-0.15, -0.1) is 0 Å². The highest BCUT2D eigenvalue weighted by Gasteiger charge is 2.40. The minimum atomic E-state index is -2.88. The summed E-state index contributed by atoms with van der Waals surface area (Å²) in [6, 6.07) is 0.157. The average molecular weight is 291 g/mol. The number of nitrogens with zero attached hydrogens (tertiary/aromatic N) is 1. The Kier molecular flexibility index (Phi) is 6.23. The third kappa shape index (κ3) is 4.70. The van der Waals surface area contributed by atoms with Gasteiger partial charge in [0.05, 0.1) is 0 Å². The smallest absolute Gasteiger partial charge is 0.147 e. The Morgan fingerprint density at radius 3 is 2.26 bits per heavy atom. The van der Waals surface area contributed by atoms with E-state index < -0.39 is 9.84 Å². The molecule has 1 rings (SSSR count). The van der Waals surface area contributed by atoms with Gasteiger partial charge in [-0.05, 0) is 39.8 Å². The van der Waals surface area contributed by atoms with Gasteiger partial charge in [-0.3, -0.25) is 11.3 Å². The van der Waals surface area contributed by atoms with E-state index in [1.807, 2.05) is 0 Å². The molecule has 3 N–H and O–H groups in total. The lowest BCUT2D eigenvalue weighted by Crippen LogP contribution is -2.61. The van der Waals surface area contributed by atoms with Crippen molar-refractivity contribution in [3.8, 4) is 0 Å². The molecule has 6 heteroatoms. The molecule has 1 atom stereocenters. The van der Waals surface area contributed by atoms with Crippen molar-refractivity contribution in [3.63, 3.8) is 0 Å². The van der Waals surface area contributed by atoms with Crippen molar-refractivity contribution in [3.05, 3.63) is 0 Å². The fourth-order valence-corrected chi connectivity index (χ4v) is 4.02. The summed E-state index contributed by atoms with van der Waals surface area (Å²) >= 11 is 0. The average Bonchev–Trinajstić information content (AvgIpc) is 2.34. The molecule has 0 radical (unpaired) electrons. The first-order valence-corrected chi connectivity index (χ1v) is 9.19. The summed E-state index contributed by atoms with van der Waals surface area (Å²) in [5.74, 6) is 6.00. The van der Waals surface area contributed by atoms with Crippen LogP contribution < -0.4 is 11.3 Å². The van der Waals surface area contributed by atoms with Gasteiger partial charge in [0.1, 0.15) is 9.84 Å². The standard InChI is InChI=1S/C13H29N3O2S/c1-16(2)13(9-5-4-6-10-13)12(15-14)8-7-11-19(3,17)18/h12,15H,4-11,14H2,1-3H3. The Morgan fingerprint density at radius 2 is 1.84 bits per heavy atom. The third-order valence-corrected chi connectivity index (χ3v) is 5.50. The first-order valence-electron chi connectivity index (χ1n) is 7.13. The summed E-state index contributed by atoms with van der Waals surface area (Å²) in [5.41, 5.74) is 3.02. The molecule has 19 heavy (non-hydrogen) atoms. The molecule has 0 spiro atoms. The molecular formula is C13H29N3O2S. The first kappa shape index (κ1) is 16.9.